The van der Waals surface area contributed by atoms with E-state index < -0.39 is 0 Å². The molecule has 7 nitrogen and oxygen atoms in total. The maximum atomic E-state index is 11.5. The number of rotatable bonds is 3. The number of aliphatic imine (C=N–C) groups is 1. The molecule has 2 aliphatic rings. The van der Waals surface area contributed by atoms with Crippen LogP contribution in [0.1, 0.15) is 25.7 Å². The van der Waals surface area contributed by atoms with Gasteiger partial charge in [-0.15, -0.1) is 0 Å². The Kier molecular flexibility index (Phi) is 5.03. The molecule has 0 aromatic rings. The van der Waals surface area contributed by atoms with Gasteiger partial charge in [0.15, 0.2) is 5.96 Å². The highest BCUT2D eigenvalue weighted by atomic mass is 16.2. The Labute approximate surface area is 125 Å². The average Bonchev–Trinajstić information content (AvgIpc) is 2.83. The number of hydrogen-bond acceptors (Lipinski definition) is 3. The van der Waals surface area contributed by atoms with Crippen molar-refractivity contribution in [1.82, 2.24) is 20.9 Å². The van der Waals surface area contributed by atoms with Gasteiger partial charge < -0.3 is 20.9 Å². The van der Waals surface area contributed by atoms with Gasteiger partial charge in [-0.1, -0.05) is 0 Å². The fraction of sp³-hybridized carbons (Fsp3) is 0.786. The molecule has 2 aliphatic heterocycles. The molecular formula is C14H25N5O2. The van der Waals surface area contributed by atoms with Crippen LogP contribution in [0, 0.1) is 5.41 Å². The lowest BCUT2D eigenvalue weighted by molar-refractivity contribution is -0.121. The second-order valence-corrected chi connectivity index (χ2v) is 5.88. The Bertz CT molecular complexity index is 437. The first-order valence-corrected chi connectivity index (χ1v) is 7.51. The molecule has 7 heteroatoms. The van der Waals surface area contributed by atoms with Crippen molar-refractivity contribution < 1.29 is 9.59 Å². The van der Waals surface area contributed by atoms with Crippen LogP contribution in [0.5, 0.6) is 0 Å². The largest absolute Gasteiger partial charge is 0.359 e. The SMILES string of the molecule is CN=C(NCCC(=O)NC)N1CCCC2(CNC(=O)C2)C1. The lowest BCUT2D eigenvalue weighted by Gasteiger charge is -2.40. The van der Waals surface area contributed by atoms with Crippen LogP contribution < -0.4 is 16.0 Å². The fourth-order valence-electron chi connectivity index (χ4n) is 3.17. The van der Waals surface area contributed by atoms with Crippen molar-refractivity contribution in [1.29, 1.82) is 0 Å². The van der Waals surface area contributed by atoms with Crippen LogP contribution in [0.25, 0.3) is 0 Å². The van der Waals surface area contributed by atoms with Crippen LogP contribution in [0.4, 0.5) is 0 Å². The zero-order valence-electron chi connectivity index (χ0n) is 12.9. The van der Waals surface area contributed by atoms with E-state index in [1.54, 1.807) is 14.1 Å². The van der Waals surface area contributed by atoms with Crippen molar-refractivity contribution in [2.24, 2.45) is 10.4 Å². The molecular weight excluding hydrogens is 270 g/mol. The third-order valence-corrected chi connectivity index (χ3v) is 4.28. The summed E-state index contributed by atoms with van der Waals surface area (Å²) in [5, 5.41) is 8.78. The Morgan fingerprint density at radius 2 is 2.33 bits per heavy atom. The number of hydrogen-bond donors (Lipinski definition) is 3. The van der Waals surface area contributed by atoms with Crippen molar-refractivity contribution >= 4 is 17.8 Å². The number of carbonyl (C=O) groups excluding carboxylic acids is 2. The van der Waals surface area contributed by atoms with E-state index in [-0.39, 0.29) is 17.2 Å². The zero-order valence-corrected chi connectivity index (χ0v) is 12.9. The molecule has 0 aromatic carbocycles. The van der Waals surface area contributed by atoms with Crippen LogP contribution in [-0.2, 0) is 9.59 Å². The fourth-order valence-corrected chi connectivity index (χ4v) is 3.17. The maximum absolute atomic E-state index is 11.5. The van der Waals surface area contributed by atoms with Crippen LogP contribution >= 0.6 is 0 Å². The van der Waals surface area contributed by atoms with Crippen molar-refractivity contribution in [3.05, 3.63) is 0 Å². The van der Waals surface area contributed by atoms with Gasteiger partial charge in [0.05, 0.1) is 0 Å². The molecule has 1 atom stereocenters. The van der Waals surface area contributed by atoms with Gasteiger partial charge in [-0.2, -0.15) is 0 Å². The van der Waals surface area contributed by atoms with E-state index in [2.05, 4.69) is 25.8 Å². The number of nitrogens with zero attached hydrogens (tertiary/aromatic N) is 2. The molecule has 0 aromatic heterocycles. The molecule has 0 aliphatic carbocycles. The van der Waals surface area contributed by atoms with Crippen molar-refractivity contribution in [2.45, 2.75) is 25.7 Å². The molecule has 1 unspecified atom stereocenters. The van der Waals surface area contributed by atoms with E-state index in [9.17, 15) is 9.59 Å². The van der Waals surface area contributed by atoms with Crippen LogP contribution in [-0.4, -0.2) is 62.9 Å². The van der Waals surface area contributed by atoms with Gasteiger partial charge in [0, 0.05) is 58.5 Å². The Balaban J connectivity index is 1.89. The lowest BCUT2D eigenvalue weighted by atomic mass is 9.79. The Morgan fingerprint density at radius 3 is 2.95 bits per heavy atom. The summed E-state index contributed by atoms with van der Waals surface area (Å²) in [6.07, 6.45) is 3.18. The van der Waals surface area contributed by atoms with Crippen molar-refractivity contribution in [3.8, 4) is 0 Å². The van der Waals surface area contributed by atoms with Gasteiger partial charge >= 0.3 is 0 Å². The molecule has 0 bridgehead atoms. The highest BCUT2D eigenvalue weighted by Gasteiger charge is 2.42. The minimum Gasteiger partial charge on any atom is -0.359 e. The van der Waals surface area contributed by atoms with Crippen molar-refractivity contribution in [2.75, 3.05) is 40.3 Å². The molecule has 21 heavy (non-hydrogen) atoms. The molecule has 118 valence electrons. The van der Waals surface area contributed by atoms with E-state index in [0.29, 0.717) is 19.4 Å². The zero-order chi connectivity index (χ0) is 15.3. The summed E-state index contributed by atoms with van der Waals surface area (Å²) in [6, 6.07) is 0. The predicted molar refractivity (Wildman–Crippen MR) is 80.9 cm³/mol. The average molecular weight is 295 g/mol. The standard InChI is InChI=1S/C14H25N5O2/c1-15-11(20)4-6-17-13(16-2)19-7-3-5-14(10-19)8-12(21)18-9-14/h3-10H2,1-2H3,(H,15,20)(H,16,17)(H,18,21). The third-order valence-electron chi connectivity index (χ3n) is 4.28. The second-order valence-electron chi connectivity index (χ2n) is 5.88. The minimum absolute atomic E-state index is 0.0126. The monoisotopic (exact) mass is 295 g/mol. The highest BCUT2D eigenvalue weighted by molar-refractivity contribution is 5.82. The molecule has 0 saturated carbocycles. The molecule has 2 amide bonds. The smallest absolute Gasteiger partial charge is 0.221 e. The minimum atomic E-state index is 0.0126. The van der Waals surface area contributed by atoms with Crippen LogP contribution in [0.15, 0.2) is 4.99 Å². The number of guanidine groups is 1. The molecule has 1 spiro atoms. The summed E-state index contributed by atoms with van der Waals surface area (Å²) in [4.78, 5) is 29.3. The third kappa shape index (κ3) is 3.86. The van der Waals surface area contributed by atoms with Gasteiger partial charge in [-0.3, -0.25) is 14.6 Å². The molecule has 3 N–H and O–H groups in total. The molecule has 2 fully saturated rings. The van der Waals surface area contributed by atoms with Gasteiger partial charge in [0.1, 0.15) is 0 Å². The number of carbonyl (C=O) groups is 2. The summed E-state index contributed by atoms with van der Waals surface area (Å²) in [5.41, 5.74) is 0.0494. The number of nitrogens with one attached hydrogen (secondary N) is 3. The van der Waals surface area contributed by atoms with E-state index in [0.717, 1.165) is 38.4 Å². The van der Waals surface area contributed by atoms with E-state index >= 15 is 0 Å². The van der Waals surface area contributed by atoms with Crippen LogP contribution in [0.2, 0.25) is 0 Å². The van der Waals surface area contributed by atoms with Gasteiger partial charge in [0.2, 0.25) is 11.8 Å². The van der Waals surface area contributed by atoms with Crippen molar-refractivity contribution in [3.63, 3.8) is 0 Å². The van der Waals surface area contributed by atoms with Gasteiger partial charge in [0.25, 0.3) is 0 Å². The molecule has 2 rings (SSSR count). The summed E-state index contributed by atoms with van der Waals surface area (Å²) >= 11 is 0. The van der Waals surface area contributed by atoms with E-state index in [1.807, 2.05) is 0 Å². The van der Waals surface area contributed by atoms with Gasteiger partial charge in [-0.05, 0) is 12.8 Å². The number of piperidine rings is 1. The molecule has 0 radical (unpaired) electrons. The summed E-state index contributed by atoms with van der Waals surface area (Å²) in [6.45, 7) is 3.10. The Hall–Kier alpha value is -1.79. The van der Waals surface area contributed by atoms with E-state index in [1.165, 1.54) is 0 Å². The van der Waals surface area contributed by atoms with Gasteiger partial charge in [-0.25, -0.2) is 0 Å². The normalized spacial score (nSPS) is 25.9. The number of likely N-dealkylation sites (tertiary alicyclic amines) is 1. The lowest BCUT2D eigenvalue weighted by Crippen LogP contribution is -2.51. The molecule has 2 heterocycles. The summed E-state index contributed by atoms with van der Waals surface area (Å²) < 4.78 is 0. The summed E-state index contributed by atoms with van der Waals surface area (Å²) in [5.74, 6) is 0.982. The van der Waals surface area contributed by atoms with Crippen LogP contribution in [0.3, 0.4) is 0 Å². The first kappa shape index (κ1) is 15.6. The first-order chi connectivity index (χ1) is 10.1. The summed E-state index contributed by atoms with van der Waals surface area (Å²) in [7, 11) is 3.39. The highest BCUT2D eigenvalue weighted by Crippen LogP contribution is 2.35. The quantitative estimate of drug-likeness (QED) is 0.475. The topological polar surface area (TPSA) is 85.8 Å². The predicted octanol–water partition coefficient (Wildman–Crippen LogP) is -0.700. The maximum Gasteiger partial charge on any atom is 0.221 e. The second kappa shape index (κ2) is 6.78. The first-order valence-electron chi connectivity index (χ1n) is 7.51. The Morgan fingerprint density at radius 1 is 1.52 bits per heavy atom. The van der Waals surface area contributed by atoms with E-state index in [4.69, 9.17) is 0 Å². The number of amides is 2. The molecule has 2 saturated heterocycles.